The monoisotopic (exact) mass is 283 g/mol. The van der Waals surface area contributed by atoms with Gasteiger partial charge in [-0.15, -0.1) is 0 Å². The summed E-state index contributed by atoms with van der Waals surface area (Å²) in [5.74, 6) is -0.175. The largest absolute Gasteiger partial charge is 0.481 e. The Bertz CT molecular complexity index is 335. The first-order valence-electron chi connectivity index (χ1n) is 7.62. The average molecular weight is 283 g/mol. The number of carboxylic acid groups (broad SMARTS) is 1. The highest BCUT2D eigenvalue weighted by atomic mass is 16.4. The maximum absolute atomic E-state index is 11.8. The third-order valence-electron chi connectivity index (χ3n) is 4.23. The number of amides is 2. The summed E-state index contributed by atoms with van der Waals surface area (Å²) in [5.41, 5.74) is 0. The van der Waals surface area contributed by atoms with E-state index in [-0.39, 0.29) is 19.0 Å². The van der Waals surface area contributed by atoms with Gasteiger partial charge in [-0.3, -0.25) is 4.79 Å². The first-order chi connectivity index (χ1) is 9.65. The molecule has 0 aromatic carbocycles. The predicted octanol–water partition coefficient (Wildman–Crippen LogP) is 0.978. The molecule has 6 heteroatoms. The normalized spacial score (nSPS) is 21.1. The summed E-state index contributed by atoms with van der Waals surface area (Å²) < 4.78 is 0. The van der Waals surface area contributed by atoms with E-state index >= 15 is 0 Å². The van der Waals surface area contributed by atoms with Gasteiger partial charge in [0.25, 0.3) is 0 Å². The number of urea groups is 1. The summed E-state index contributed by atoms with van der Waals surface area (Å²) >= 11 is 0. The summed E-state index contributed by atoms with van der Waals surface area (Å²) in [5, 5.41) is 11.2. The van der Waals surface area contributed by atoms with Crippen LogP contribution in [0.3, 0.4) is 0 Å². The Balaban J connectivity index is 1.62. The summed E-state index contributed by atoms with van der Waals surface area (Å²) in [4.78, 5) is 26.6. The van der Waals surface area contributed by atoms with Gasteiger partial charge in [0.1, 0.15) is 0 Å². The molecule has 2 N–H and O–H groups in total. The van der Waals surface area contributed by atoms with Crippen LogP contribution in [0.25, 0.3) is 0 Å². The van der Waals surface area contributed by atoms with Crippen molar-refractivity contribution in [2.75, 3.05) is 39.3 Å². The number of carbonyl (C=O) groups excluding carboxylic acids is 1. The molecular formula is C14H25N3O3. The molecule has 0 saturated carbocycles. The van der Waals surface area contributed by atoms with Gasteiger partial charge in [0.2, 0.25) is 0 Å². The molecule has 0 bridgehead atoms. The number of rotatable bonds is 5. The molecule has 2 heterocycles. The highest BCUT2D eigenvalue weighted by Gasteiger charge is 2.25. The van der Waals surface area contributed by atoms with Gasteiger partial charge in [-0.1, -0.05) is 0 Å². The highest BCUT2D eigenvalue weighted by molar-refractivity contribution is 5.75. The van der Waals surface area contributed by atoms with Crippen molar-refractivity contribution < 1.29 is 14.7 Å². The lowest BCUT2D eigenvalue weighted by atomic mass is 9.96. The van der Waals surface area contributed by atoms with E-state index < -0.39 is 5.97 Å². The molecule has 2 saturated heterocycles. The van der Waals surface area contributed by atoms with Gasteiger partial charge < -0.3 is 20.2 Å². The van der Waals surface area contributed by atoms with Gasteiger partial charge >= 0.3 is 12.0 Å². The number of nitrogens with one attached hydrogen (secondary N) is 1. The molecule has 114 valence electrons. The second kappa shape index (κ2) is 7.47. The summed E-state index contributed by atoms with van der Waals surface area (Å²) in [6.07, 6.45) is 4.75. The van der Waals surface area contributed by atoms with Crippen molar-refractivity contribution in [3.05, 3.63) is 0 Å². The van der Waals surface area contributed by atoms with Crippen LogP contribution in [0.2, 0.25) is 0 Å². The maximum Gasteiger partial charge on any atom is 0.317 e. The molecule has 0 aliphatic carbocycles. The second-order valence-electron chi connectivity index (χ2n) is 5.81. The Labute approximate surface area is 120 Å². The van der Waals surface area contributed by atoms with E-state index in [1.54, 1.807) is 0 Å². The number of piperidine rings is 1. The van der Waals surface area contributed by atoms with Gasteiger partial charge in [-0.25, -0.2) is 4.79 Å². The van der Waals surface area contributed by atoms with Crippen molar-refractivity contribution >= 4 is 12.0 Å². The molecule has 0 aromatic heterocycles. The lowest BCUT2D eigenvalue weighted by Crippen LogP contribution is -2.46. The van der Waals surface area contributed by atoms with E-state index in [2.05, 4.69) is 10.2 Å². The predicted molar refractivity (Wildman–Crippen MR) is 75.6 cm³/mol. The molecule has 0 radical (unpaired) electrons. The van der Waals surface area contributed by atoms with Crippen LogP contribution in [-0.4, -0.2) is 66.2 Å². The highest BCUT2D eigenvalue weighted by Crippen LogP contribution is 2.20. The molecule has 6 nitrogen and oxygen atoms in total. The van der Waals surface area contributed by atoms with Crippen LogP contribution < -0.4 is 5.32 Å². The van der Waals surface area contributed by atoms with Crippen molar-refractivity contribution in [3.8, 4) is 0 Å². The van der Waals surface area contributed by atoms with E-state index in [0.717, 1.165) is 25.9 Å². The molecule has 2 aliphatic rings. The molecule has 2 rings (SSSR count). The SMILES string of the molecule is O=C(O)CCNC(=O)N1CCC(CN2CCCC2)CC1. The number of carbonyl (C=O) groups is 2. The fourth-order valence-corrected chi connectivity index (χ4v) is 3.04. The van der Waals surface area contributed by atoms with Crippen molar-refractivity contribution in [1.82, 2.24) is 15.1 Å². The lowest BCUT2D eigenvalue weighted by molar-refractivity contribution is -0.136. The Morgan fingerprint density at radius 2 is 1.75 bits per heavy atom. The van der Waals surface area contributed by atoms with E-state index in [4.69, 9.17) is 5.11 Å². The quantitative estimate of drug-likeness (QED) is 0.789. The van der Waals surface area contributed by atoms with E-state index in [0.29, 0.717) is 5.92 Å². The third kappa shape index (κ3) is 4.67. The standard InChI is InChI=1S/C14H25N3O3/c18-13(19)3-6-15-14(20)17-9-4-12(5-10-17)11-16-7-1-2-8-16/h12H,1-11H2,(H,15,20)(H,18,19). The van der Waals surface area contributed by atoms with Crippen molar-refractivity contribution in [3.63, 3.8) is 0 Å². The zero-order chi connectivity index (χ0) is 14.4. The number of nitrogens with zero attached hydrogens (tertiary/aromatic N) is 2. The summed E-state index contributed by atoms with van der Waals surface area (Å²) in [6.45, 7) is 5.43. The molecular weight excluding hydrogens is 258 g/mol. The van der Waals surface area contributed by atoms with Crippen LogP contribution in [0.5, 0.6) is 0 Å². The fraction of sp³-hybridized carbons (Fsp3) is 0.857. The summed E-state index contributed by atoms with van der Waals surface area (Å²) in [7, 11) is 0. The molecule has 0 spiro atoms. The number of likely N-dealkylation sites (tertiary alicyclic amines) is 2. The minimum Gasteiger partial charge on any atom is -0.481 e. The average Bonchev–Trinajstić information content (AvgIpc) is 2.92. The molecule has 0 unspecified atom stereocenters. The zero-order valence-electron chi connectivity index (χ0n) is 12.0. The third-order valence-corrected chi connectivity index (χ3v) is 4.23. The Hall–Kier alpha value is -1.30. The number of aliphatic carboxylic acids is 1. The van der Waals surface area contributed by atoms with Gasteiger partial charge in [0.05, 0.1) is 6.42 Å². The molecule has 2 fully saturated rings. The van der Waals surface area contributed by atoms with Gasteiger partial charge in [-0.05, 0) is 44.7 Å². The Kier molecular flexibility index (Phi) is 5.64. The number of carboxylic acids is 1. The van der Waals surface area contributed by atoms with Crippen molar-refractivity contribution in [2.45, 2.75) is 32.1 Å². The van der Waals surface area contributed by atoms with Gasteiger partial charge in [0, 0.05) is 26.2 Å². The second-order valence-corrected chi connectivity index (χ2v) is 5.81. The maximum atomic E-state index is 11.8. The minimum absolute atomic E-state index is 0.0167. The number of hydrogen-bond acceptors (Lipinski definition) is 3. The first-order valence-corrected chi connectivity index (χ1v) is 7.62. The van der Waals surface area contributed by atoms with Gasteiger partial charge in [-0.2, -0.15) is 0 Å². The van der Waals surface area contributed by atoms with Crippen molar-refractivity contribution in [2.24, 2.45) is 5.92 Å². The first kappa shape index (κ1) is 15.1. The minimum atomic E-state index is -0.880. The summed E-state index contributed by atoms with van der Waals surface area (Å²) in [6, 6.07) is -0.120. The van der Waals surface area contributed by atoms with Crippen LogP contribution in [0.15, 0.2) is 0 Å². The smallest absolute Gasteiger partial charge is 0.317 e. The van der Waals surface area contributed by atoms with Crippen LogP contribution in [0.4, 0.5) is 4.79 Å². The zero-order valence-corrected chi connectivity index (χ0v) is 12.0. The van der Waals surface area contributed by atoms with Crippen LogP contribution in [0.1, 0.15) is 32.1 Å². The molecule has 20 heavy (non-hydrogen) atoms. The molecule has 2 aliphatic heterocycles. The van der Waals surface area contributed by atoms with E-state index in [1.165, 1.54) is 32.5 Å². The van der Waals surface area contributed by atoms with Crippen molar-refractivity contribution in [1.29, 1.82) is 0 Å². The van der Waals surface area contributed by atoms with Crippen LogP contribution >= 0.6 is 0 Å². The Morgan fingerprint density at radius 1 is 1.10 bits per heavy atom. The molecule has 0 atom stereocenters. The fourth-order valence-electron chi connectivity index (χ4n) is 3.04. The number of hydrogen-bond donors (Lipinski definition) is 2. The van der Waals surface area contributed by atoms with E-state index in [1.807, 2.05) is 4.90 Å². The lowest BCUT2D eigenvalue weighted by Gasteiger charge is -2.33. The van der Waals surface area contributed by atoms with E-state index in [9.17, 15) is 9.59 Å². The van der Waals surface area contributed by atoms with Crippen LogP contribution in [-0.2, 0) is 4.79 Å². The van der Waals surface area contributed by atoms with Crippen LogP contribution in [0, 0.1) is 5.92 Å². The molecule has 2 amide bonds. The molecule has 0 aromatic rings. The van der Waals surface area contributed by atoms with Gasteiger partial charge in [0.15, 0.2) is 0 Å². The topological polar surface area (TPSA) is 72.9 Å². The Morgan fingerprint density at radius 3 is 2.35 bits per heavy atom.